The number of ether oxygens (including phenoxy) is 1. The molecule has 0 aliphatic carbocycles. The molecule has 0 unspecified atom stereocenters. The molecule has 146 valence electrons. The molecule has 1 saturated heterocycles. The molecule has 1 fully saturated rings. The fourth-order valence-corrected chi connectivity index (χ4v) is 3.33. The van der Waals surface area contributed by atoms with Crippen LogP contribution in [-0.2, 0) is 6.18 Å². The Kier molecular flexibility index (Phi) is 4.70. The van der Waals surface area contributed by atoms with E-state index in [0.717, 1.165) is 23.2 Å². The summed E-state index contributed by atoms with van der Waals surface area (Å²) in [5.41, 5.74) is 0.732. The van der Waals surface area contributed by atoms with Crippen LogP contribution in [0.1, 0.15) is 28.8 Å². The van der Waals surface area contributed by atoms with Crippen LogP contribution in [0.5, 0.6) is 5.88 Å². The van der Waals surface area contributed by atoms with Crippen molar-refractivity contribution in [1.29, 1.82) is 0 Å². The Bertz CT molecular complexity index is 974. The van der Waals surface area contributed by atoms with Crippen LogP contribution in [0.25, 0.3) is 10.9 Å². The first-order valence-electron chi connectivity index (χ1n) is 8.96. The summed E-state index contributed by atoms with van der Waals surface area (Å²) in [6.07, 6.45) is -0.806. The molecule has 28 heavy (non-hydrogen) atoms. The highest BCUT2D eigenvalue weighted by molar-refractivity contribution is 5.98. The summed E-state index contributed by atoms with van der Waals surface area (Å²) < 4.78 is 43.4. The third-order valence-corrected chi connectivity index (χ3v) is 4.88. The molecule has 1 amide bonds. The van der Waals surface area contributed by atoms with E-state index in [4.69, 9.17) is 4.74 Å². The van der Waals surface area contributed by atoms with Crippen LogP contribution in [0.2, 0.25) is 0 Å². The van der Waals surface area contributed by atoms with Crippen LogP contribution in [0, 0.1) is 0 Å². The van der Waals surface area contributed by atoms with Gasteiger partial charge in [0.25, 0.3) is 5.91 Å². The number of pyridine rings is 1. The summed E-state index contributed by atoms with van der Waals surface area (Å²) in [5, 5.41) is 1.05. The molecule has 0 bridgehead atoms. The maximum Gasteiger partial charge on any atom is 0.417 e. The Balaban J connectivity index is 1.34. The van der Waals surface area contributed by atoms with E-state index in [1.165, 1.54) is 6.07 Å². The van der Waals surface area contributed by atoms with Gasteiger partial charge in [-0.2, -0.15) is 13.2 Å². The molecule has 0 radical (unpaired) electrons. The zero-order valence-electron chi connectivity index (χ0n) is 14.9. The van der Waals surface area contributed by atoms with Crippen molar-refractivity contribution in [3.63, 3.8) is 0 Å². The Morgan fingerprint density at radius 2 is 1.93 bits per heavy atom. The second-order valence-electron chi connectivity index (χ2n) is 6.77. The molecular formula is C20H18F3N3O2. The lowest BCUT2D eigenvalue weighted by molar-refractivity contribution is -0.137. The zero-order valence-corrected chi connectivity index (χ0v) is 14.9. The van der Waals surface area contributed by atoms with Crippen molar-refractivity contribution in [3.8, 4) is 5.88 Å². The molecule has 8 heteroatoms. The van der Waals surface area contributed by atoms with Crippen molar-refractivity contribution in [2.75, 3.05) is 13.1 Å². The number of carbonyl (C=O) groups is 1. The van der Waals surface area contributed by atoms with Gasteiger partial charge in [-0.05, 0) is 29.7 Å². The predicted molar refractivity (Wildman–Crippen MR) is 97.1 cm³/mol. The minimum atomic E-state index is -4.42. The first-order valence-corrected chi connectivity index (χ1v) is 8.96. The van der Waals surface area contributed by atoms with Crippen molar-refractivity contribution >= 4 is 16.8 Å². The van der Waals surface area contributed by atoms with Gasteiger partial charge < -0.3 is 14.6 Å². The average molecular weight is 389 g/mol. The Hall–Kier alpha value is -3.03. The SMILES string of the molecule is O=C(c1ccc2cc[nH]c2c1)N1CCC(Oc2ccc(C(F)(F)F)cn2)CC1. The number of aromatic nitrogens is 2. The number of fused-ring (bicyclic) bond motifs is 1. The van der Waals surface area contributed by atoms with Gasteiger partial charge in [-0.25, -0.2) is 4.98 Å². The lowest BCUT2D eigenvalue weighted by Crippen LogP contribution is -2.41. The number of piperidine rings is 1. The van der Waals surface area contributed by atoms with Crippen LogP contribution in [0.15, 0.2) is 48.8 Å². The number of aromatic amines is 1. The number of nitrogens with one attached hydrogen (secondary N) is 1. The van der Waals surface area contributed by atoms with Gasteiger partial charge in [0.1, 0.15) is 6.10 Å². The number of rotatable bonds is 3. The number of alkyl halides is 3. The number of hydrogen-bond acceptors (Lipinski definition) is 3. The summed E-state index contributed by atoms with van der Waals surface area (Å²) in [6, 6.07) is 9.69. The maximum absolute atomic E-state index is 12.7. The summed E-state index contributed by atoms with van der Waals surface area (Å²) in [7, 11) is 0. The molecular weight excluding hydrogens is 371 g/mol. The molecule has 1 aliphatic heterocycles. The molecule has 3 aromatic rings. The highest BCUT2D eigenvalue weighted by Gasteiger charge is 2.31. The van der Waals surface area contributed by atoms with E-state index >= 15 is 0 Å². The fraction of sp³-hybridized carbons (Fsp3) is 0.300. The minimum absolute atomic E-state index is 0.0393. The van der Waals surface area contributed by atoms with Crippen LogP contribution in [0.3, 0.4) is 0 Å². The molecule has 2 aromatic heterocycles. The molecule has 1 aromatic carbocycles. The highest BCUT2D eigenvalue weighted by Crippen LogP contribution is 2.29. The molecule has 5 nitrogen and oxygen atoms in total. The quantitative estimate of drug-likeness (QED) is 0.728. The first-order chi connectivity index (χ1) is 13.4. The Morgan fingerprint density at radius 3 is 2.61 bits per heavy atom. The van der Waals surface area contributed by atoms with E-state index < -0.39 is 11.7 Å². The van der Waals surface area contributed by atoms with Crippen LogP contribution in [-0.4, -0.2) is 40.0 Å². The molecule has 1 aliphatic rings. The third kappa shape index (κ3) is 3.81. The average Bonchev–Trinajstić information content (AvgIpc) is 3.15. The largest absolute Gasteiger partial charge is 0.474 e. The van der Waals surface area contributed by atoms with E-state index in [1.54, 1.807) is 4.90 Å². The molecule has 3 heterocycles. The van der Waals surface area contributed by atoms with Crippen molar-refractivity contribution in [3.05, 3.63) is 59.9 Å². The fourth-order valence-electron chi connectivity index (χ4n) is 3.33. The van der Waals surface area contributed by atoms with Crippen LogP contribution in [0.4, 0.5) is 13.2 Å². The van der Waals surface area contributed by atoms with Crippen molar-refractivity contribution < 1.29 is 22.7 Å². The molecule has 0 saturated carbocycles. The van der Waals surface area contributed by atoms with Crippen molar-refractivity contribution in [1.82, 2.24) is 14.9 Å². The van der Waals surface area contributed by atoms with E-state index in [1.807, 2.05) is 30.5 Å². The van der Waals surface area contributed by atoms with Gasteiger partial charge in [0.15, 0.2) is 0 Å². The van der Waals surface area contributed by atoms with Crippen LogP contribution < -0.4 is 4.74 Å². The van der Waals surface area contributed by atoms with Crippen LogP contribution >= 0.6 is 0 Å². The number of likely N-dealkylation sites (tertiary alicyclic amines) is 1. The van der Waals surface area contributed by atoms with Gasteiger partial charge in [0.2, 0.25) is 5.88 Å². The number of halogens is 3. The molecule has 4 rings (SSSR count). The van der Waals surface area contributed by atoms with Gasteiger partial charge in [0, 0.05) is 55.5 Å². The minimum Gasteiger partial charge on any atom is -0.474 e. The lowest BCUT2D eigenvalue weighted by atomic mass is 10.1. The highest BCUT2D eigenvalue weighted by atomic mass is 19.4. The second-order valence-corrected chi connectivity index (χ2v) is 6.77. The number of hydrogen-bond donors (Lipinski definition) is 1. The summed E-state index contributed by atoms with van der Waals surface area (Å²) >= 11 is 0. The Labute approximate surface area is 159 Å². The standard InChI is InChI=1S/C20H18F3N3O2/c21-20(22,23)15-3-4-18(25-12-15)28-16-6-9-26(10-7-16)19(27)14-2-1-13-5-8-24-17(13)11-14/h1-5,8,11-12,16,24H,6-7,9-10H2. The zero-order chi connectivity index (χ0) is 19.7. The van der Waals surface area contributed by atoms with Gasteiger partial charge in [0.05, 0.1) is 5.56 Å². The van der Waals surface area contributed by atoms with Gasteiger partial charge in [-0.1, -0.05) is 6.07 Å². The van der Waals surface area contributed by atoms with Gasteiger partial charge >= 0.3 is 6.18 Å². The van der Waals surface area contributed by atoms with E-state index in [2.05, 4.69) is 9.97 Å². The topological polar surface area (TPSA) is 58.2 Å². The number of benzene rings is 1. The van der Waals surface area contributed by atoms with Crippen molar-refractivity contribution in [2.45, 2.75) is 25.1 Å². The second kappa shape index (κ2) is 7.18. The summed E-state index contributed by atoms with van der Waals surface area (Å²) in [6.45, 7) is 1.04. The first kappa shape index (κ1) is 18.3. The van der Waals surface area contributed by atoms with Gasteiger partial charge in [-0.3, -0.25) is 4.79 Å². The lowest BCUT2D eigenvalue weighted by Gasteiger charge is -2.32. The molecule has 0 atom stereocenters. The van der Waals surface area contributed by atoms with Crippen molar-refractivity contribution in [2.24, 2.45) is 0 Å². The number of amides is 1. The van der Waals surface area contributed by atoms with E-state index in [-0.39, 0.29) is 17.9 Å². The third-order valence-electron chi connectivity index (χ3n) is 4.88. The predicted octanol–water partition coefficient (Wildman–Crippen LogP) is 4.27. The summed E-state index contributed by atoms with van der Waals surface area (Å²) in [5.74, 6) is 0.123. The normalized spacial score (nSPS) is 15.8. The molecule has 1 N–H and O–H groups in total. The Morgan fingerprint density at radius 1 is 1.14 bits per heavy atom. The maximum atomic E-state index is 12.7. The van der Waals surface area contributed by atoms with Gasteiger partial charge in [-0.15, -0.1) is 0 Å². The van der Waals surface area contributed by atoms with E-state index in [9.17, 15) is 18.0 Å². The smallest absolute Gasteiger partial charge is 0.417 e. The van der Waals surface area contributed by atoms with E-state index in [0.29, 0.717) is 31.5 Å². The summed E-state index contributed by atoms with van der Waals surface area (Å²) in [4.78, 5) is 21.3. The number of nitrogens with zero attached hydrogens (tertiary/aromatic N) is 2. The monoisotopic (exact) mass is 389 g/mol. The number of H-pyrrole nitrogens is 1. The number of carbonyl (C=O) groups excluding carboxylic acids is 1. The molecule has 0 spiro atoms.